The van der Waals surface area contributed by atoms with E-state index in [2.05, 4.69) is 4.18 Å². The molecule has 0 bridgehead atoms. The number of sulfonamides is 1. The first kappa shape index (κ1) is 33.3. The minimum Gasteiger partial charge on any atom is -0.493 e. The van der Waals surface area contributed by atoms with Crippen LogP contribution in [0.2, 0.25) is 0 Å². The van der Waals surface area contributed by atoms with Crippen molar-refractivity contribution in [2.45, 2.75) is 35.4 Å². The van der Waals surface area contributed by atoms with Gasteiger partial charge in [0.25, 0.3) is 10.0 Å². The number of methoxy groups -OCH3 is 1. The summed E-state index contributed by atoms with van der Waals surface area (Å²) in [7, 11) is -11.9. The number of rotatable bonds is 8. The van der Waals surface area contributed by atoms with Gasteiger partial charge in [-0.15, -0.1) is 0 Å². The number of alkyl halides is 3. The predicted octanol–water partition coefficient (Wildman–Crippen LogP) is 5.12. The van der Waals surface area contributed by atoms with E-state index >= 15 is 0 Å². The van der Waals surface area contributed by atoms with Crippen molar-refractivity contribution in [2.24, 2.45) is 0 Å². The average Bonchev–Trinajstić information content (AvgIpc) is 3.41. The summed E-state index contributed by atoms with van der Waals surface area (Å²) in [6, 6.07) is 20.2. The van der Waals surface area contributed by atoms with Crippen molar-refractivity contribution in [3.8, 4) is 11.5 Å². The Hall–Kier alpha value is -3.60. The van der Waals surface area contributed by atoms with Crippen molar-refractivity contribution in [1.29, 1.82) is 0 Å². The summed E-state index contributed by atoms with van der Waals surface area (Å²) in [6.45, 7) is 1.38. The van der Waals surface area contributed by atoms with Crippen LogP contribution in [-0.2, 0) is 35.9 Å². The topological polar surface area (TPSA) is 129 Å². The molecule has 1 fully saturated rings. The van der Waals surface area contributed by atoms with Crippen molar-refractivity contribution >= 4 is 41.1 Å². The van der Waals surface area contributed by atoms with E-state index in [9.17, 15) is 38.4 Å². The summed E-state index contributed by atoms with van der Waals surface area (Å²) in [6.07, 6.45) is 4.33. The molecule has 2 heterocycles. The van der Waals surface area contributed by atoms with Crippen LogP contribution in [-0.4, -0.2) is 59.2 Å². The smallest absolute Gasteiger partial charge is 0.493 e. The molecule has 44 heavy (non-hydrogen) atoms. The standard InChI is InChI=1S/C16H12F3NO6S2.C12H17NO2S/c1-25-14-10-13-11(9-15(14)26-28(23,24)16(17,18)19)7-8-20(13)27(21,22)12-5-3-2-4-6-12;14-16(15,13-9-5-2-6-10-13)11-12-7-3-1-4-8-12/h2-10H,1H3;1,3-4,7-8H,2,5-6,9-11H2. The minimum atomic E-state index is -5.92. The fourth-order valence-corrected chi connectivity index (χ4v) is 7.88. The minimum absolute atomic E-state index is 0.00792. The Labute approximate surface area is 253 Å². The van der Waals surface area contributed by atoms with Crippen molar-refractivity contribution in [2.75, 3.05) is 20.2 Å². The van der Waals surface area contributed by atoms with Gasteiger partial charge in [-0.2, -0.15) is 21.6 Å². The van der Waals surface area contributed by atoms with Gasteiger partial charge in [-0.05, 0) is 42.7 Å². The monoisotopic (exact) mass is 674 g/mol. The number of aromatic nitrogens is 1. The lowest BCUT2D eigenvalue weighted by atomic mass is 10.2. The highest BCUT2D eigenvalue weighted by Crippen LogP contribution is 2.37. The van der Waals surface area contributed by atoms with Crippen LogP contribution in [0.15, 0.2) is 90.0 Å². The number of hydrogen-bond donors (Lipinski definition) is 0. The molecular formula is C28H29F3N2O8S3. The lowest BCUT2D eigenvalue weighted by Gasteiger charge is -2.25. The molecule has 0 N–H and O–H groups in total. The zero-order valence-electron chi connectivity index (χ0n) is 23.3. The average molecular weight is 675 g/mol. The highest BCUT2D eigenvalue weighted by atomic mass is 32.2. The van der Waals surface area contributed by atoms with Gasteiger partial charge in [-0.3, -0.25) is 0 Å². The van der Waals surface area contributed by atoms with E-state index < -0.39 is 41.4 Å². The van der Waals surface area contributed by atoms with Crippen molar-refractivity contribution in [1.82, 2.24) is 8.28 Å². The molecule has 3 aromatic carbocycles. The van der Waals surface area contributed by atoms with E-state index in [-0.39, 0.29) is 27.3 Å². The molecule has 1 aliphatic rings. The molecule has 0 amide bonds. The van der Waals surface area contributed by atoms with Crippen LogP contribution in [0.3, 0.4) is 0 Å². The summed E-state index contributed by atoms with van der Waals surface area (Å²) in [5, 5.41) is 0.132. The van der Waals surface area contributed by atoms with E-state index in [1.807, 2.05) is 30.3 Å². The Kier molecular flexibility index (Phi) is 9.97. The number of nitrogens with zero attached hydrogens (tertiary/aromatic N) is 2. The highest BCUT2D eigenvalue weighted by molar-refractivity contribution is 7.90. The Morgan fingerprint density at radius 3 is 1.93 bits per heavy atom. The third-order valence-electron chi connectivity index (χ3n) is 6.62. The molecule has 10 nitrogen and oxygen atoms in total. The maximum Gasteiger partial charge on any atom is 0.534 e. The fraction of sp³-hybridized carbons (Fsp3) is 0.286. The van der Waals surface area contributed by atoms with Gasteiger partial charge in [0, 0.05) is 30.7 Å². The highest BCUT2D eigenvalue weighted by Gasteiger charge is 2.49. The van der Waals surface area contributed by atoms with E-state index in [4.69, 9.17) is 4.74 Å². The normalized spacial score (nSPS) is 14.9. The van der Waals surface area contributed by atoms with Crippen molar-refractivity contribution in [3.05, 3.63) is 90.6 Å². The Balaban J connectivity index is 0.000000233. The Morgan fingerprint density at radius 1 is 0.773 bits per heavy atom. The molecule has 0 spiro atoms. The molecule has 16 heteroatoms. The second-order valence-electron chi connectivity index (χ2n) is 9.68. The molecule has 0 aliphatic carbocycles. The summed E-state index contributed by atoms with van der Waals surface area (Å²) in [5.41, 5.74) is -4.69. The maximum absolute atomic E-state index is 12.8. The van der Waals surface area contributed by atoms with Gasteiger partial charge in [0.1, 0.15) is 0 Å². The SMILES string of the molecule is COc1cc2c(ccn2S(=O)(=O)c2ccccc2)cc1OS(=O)(=O)C(F)(F)F.O=S(=O)(Cc1ccccc1)N1CCCCC1. The molecule has 0 saturated carbocycles. The first-order valence-corrected chi connectivity index (χ1v) is 17.6. The van der Waals surface area contributed by atoms with Gasteiger partial charge in [0.2, 0.25) is 10.0 Å². The molecule has 1 aliphatic heterocycles. The summed E-state index contributed by atoms with van der Waals surface area (Å²) < 4.78 is 122. The van der Waals surface area contributed by atoms with Crippen molar-refractivity contribution in [3.63, 3.8) is 0 Å². The van der Waals surface area contributed by atoms with E-state index in [0.29, 0.717) is 13.1 Å². The maximum atomic E-state index is 12.8. The molecular weight excluding hydrogens is 646 g/mol. The van der Waals surface area contributed by atoms with Crippen molar-refractivity contribution < 1.29 is 47.3 Å². The zero-order chi connectivity index (χ0) is 32.2. The number of ether oxygens (including phenoxy) is 1. The zero-order valence-corrected chi connectivity index (χ0v) is 25.8. The van der Waals surface area contributed by atoms with Crippen LogP contribution >= 0.6 is 0 Å². The third-order valence-corrected chi connectivity index (χ3v) is 11.1. The summed E-state index contributed by atoms with van der Waals surface area (Å²) in [4.78, 5) is -0.00792. The molecule has 0 radical (unpaired) electrons. The van der Waals surface area contributed by atoms with E-state index in [1.165, 1.54) is 36.5 Å². The molecule has 0 atom stereocenters. The Morgan fingerprint density at radius 2 is 1.36 bits per heavy atom. The number of fused-ring (bicyclic) bond motifs is 1. The molecule has 238 valence electrons. The van der Waals surface area contributed by atoms with Crippen LogP contribution < -0.4 is 8.92 Å². The first-order chi connectivity index (χ1) is 20.7. The van der Waals surface area contributed by atoms with Gasteiger partial charge in [-0.1, -0.05) is 55.0 Å². The second kappa shape index (κ2) is 13.2. The summed E-state index contributed by atoms with van der Waals surface area (Å²) in [5.74, 6) is -0.973. The van der Waals surface area contributed by atoms with Gasteiger partial charge < -0.3 is 8.92 Å². The van der Waals surface area contributed by atoms with Gasteiger partial charge in [0.05, 0.1) is 23.3 Å². The van der Waals surface area contributed by atoms with Crippen LogP contribution in [0.4, 0.5) is 13.2 Å². The quantitative estimate of drug-likeness (QED) is 0.186. The molecule has 1 aromatic heterocycles. The van der Waals surface area contributed by atoms with Gasteiger partial charge >= 0.3 is 15.6 Å². The number of halogens is 3. The molecule has 5 rings (SSSR count). The largest absolute Gasteiger partial charge is 0.534 e. The van der Waals surface area contributed by atoms with E-state index in [1.54, 1.807) is 10.4 Å². The van der Waals surface area contributed by atoms with E-state index in [0.717, 1.165) is 48.0 Å². The predicted molar refractivity (Wildman–Crippen MR) is 158 cm³/mol. The number of benzene rings is 3. The summed E-state index contributed by atoms with van der Waals surface area (Å²) >= 11 is 0. The number of piperidine rings is 1. The van der Waals surface area contributed by atoms with Crippen LogP contribution in [0.5, 0.6) is 11.5 Å². The molecule has 4 aromatic rings. The molecule has 1 saturated heterocycles. The number of hydrogen-bond acceptors (Lipinski definition) is 8. The second-order valence-corrected chi connectivity index (χ2v) is 15.0. The first-order valence-electron chi connectivity index (χ1n) is 13.2. The van der Waals surface area contributed by atoms with Crippen LogP contribution in [0.1, 0.15) is 24.8 Å². The van der Waals surface area contributed by atoms with Crippen LogP contribution in [0, 0.1) is 0 Å². The van der Waals surface area contributed by atoms with Gasteiger partial charge in [-0.25, -0.2) is 25.1 Å². The third kappa shape index (κ3) is 7.54. The lowest BCUT2D eigenvalue weighted by Crippen LogP contribution is -2.36. The van der Waals surface area contributed by atoms with Gasteiger partial charge in [0.15, 0.2) is 11.5 Å². The lowest BCUT2D eigenvalue weighted by molar-refractivity contribution is -0.0500. The molecule has 0 unspecified atom stereocenters. The Bertz CT molecular complexity index is 1910. The fourth-order valence-electron chi connectivity index (χ4n) is 4.44. The van der Waals surface area contributed by atoms with Crippen LogP contribution in [0.25, 0.3) is 10.9 Å².